The molecule has 1 N–H and O–H groups in total. The van der Waals surface area contributed by atoms with Gasteiger partial charge in [-0.2, -0.15) is 0 Å². The molecule has 2 bridgehead atoms. The maximum Gasteiger partial charge on any atom is 0.0390 e. The quantitative estimate of drug-likeness (QED) is 0.834. The Morgan fingerprint density at radius 3 is 2.95 bits per heavy atom. The number of rotatable bonds is 4. The minimum atomic E-state index is 0.529. The van der Waals surface area contributed by atoms with Crippen LogP contribution in [-0.4, -0.2) is 7.05 Å². The lowest BCUT2D eigenvalue weighted by molar-refractivity contribution is 0.285. The van der Waals surface area contributed by atoms with E-state index in [0.29, 0.717) is 6.04 Å². The summed E-state index contributed by atoms with van der Waals surface area (Å²) in [6.45, 7) is 0. The van der Waals surface area contributed by atoms with Gasteiger partial charge in [0.25, 0.3) is 0 Å². The second kappa shape index (κ2) is 5.16. The van der Waals surface area contributed by atoms with Gasteiger partial charge in [0.2, 0.25) is 0 Å². The summed E-state index contributed by atoms with van der Waals surface area (Å²) in [7, 11) is 2.13. The molecule has 2 saturated carbocycles. The first-order chi connectivity index (χ1) is 9.85. The number of fused-ring (bicyclic) bond motifs is 3. The molecule has 4 unspecified atom stereocenters. The lowest BCUT2D eigenvalue weighted by Crippen LogP contribution is -2.22. The molecule has 106 valence electrons. The highest BCUT2D eigenvalue weighted by Crippen LogP contribution is 2.51. The summed E-state index contributed by atoms with van der Waals surface area (Å²) in [5, 5.41) is 7.22. The Labute approximate surface area is 125 Å². The predicted molar refractivity (Wildman–Crippen MR) is 87.2 cm³/mol. The summed E-state index contributed by atoms with van der Waals surface area (Å²) in [5.74, 6) is 3.04. The average Bonchev–Trinajstić information content (AvgIpc) is 3.19. The van der Waals surface area contributed by atoms with Crippen molar-refractivity contribution in [1.29, 1.82) is 0 Å². The number of benzene rings is 1. The zero-order valence-electron chi connectivity index (χ0n) is 12.1. The van der Waals surface area contributed by atoms with Gasteiger partial charge in [-0.3, -0.25) is 0 Å². The van der Waals surface area contributed by atoms with E-state index in [1.807, 2.05) is 11.3 Å². The molecule has 4 rings (SSSR count). The molecule has 1 aromatic heterocycles. The largest absolute Gasteiger partial charge is 0.313 e. The van der Waals surface area contributed by atoms with Crippen LogP contribution >= 0.6 is 11.3 Å². The minimum Gasteiger partial charge on any atom is -0.313 e. The van der Waals surface area contributed by atoms with Gasteiger partial charge in [0.1, 0.15) is 0 Å². The molecule has 0 aliphatic heterocycles. The van der Waals surface area contributed by atoms with Crippen molar-refractivity contribution in [2.24, 2.45) is 17.8 Å². The van der Waals surface area contributed by atoms with Crippen LogP contribution in [0.1, 0.15) is 43.7 Å². The molecule has 0 radical (unpaired) electrons. The van der Waals surface area contributed by atoms with Crippen LogP contribution in [0.25, 0.3) is 10.1 Å². The van der Waals surface area contributed by atoms with E-state index in [0.717, 1.165) is 17.8 Å². The van der Waals surface area contributed by atoms with Crippen LogP contribution in [0.15, 0.2) is 29.6 Å². The fraction of sp³-hybridized carbons (Fsp3) is 0.556. The van der Waals surface area contributed by atoms with E-state index in [9.17, 15) is 0 Å². The van der Waals surface area contributed by atoms with E-state index >= 15 is 0 Å². The normalized spacial score (nSPS) is 30.1. The van der Waals surface area contributed by atoms with Gasteiger partial charge in [-0.05, 0) is 72.9 Å². The standard InChI is InChI=1S/C18H23NS/c1-19-17(11-15-10-12-5-6-14(15)9-12)16-4-2-3-13-7-8-20-18(13)16/h2-4,7-8,12,14-15,17,19H,5-6,9-11H2,1H3. The van der Waals surface area contributed by atoms with Gasteiger partial charge in [-0.25, -0.2) is 0 Å². The van der Waals surface area contributed by atoms with Gasteiger partial charge in [-0.1, -0.05) is 24.6 Å². The van der Waals surface area contributed by atoms with Crippen LogP contribution in [-0.2, 0) is 0 Å². The first kappa shape index (κ1) is 12.8. The third-order valence-corrected chi connectivity index (χ3v) is 6.64. The maximum atomic E-state index is 3.59. The highest BCUT2D eigenvalue weighted by Gasteiger charge is 2.40. The molecule has 2 heteroatoms. The second-order valence-corrected chi connectivity index (χ2v) is 7.61. The van der Waals surface area contributed by atoms with E-state index in [4.69, 9.17) is 0 Å². The predicted octanol–water partition coefficient (Wildman–Crippen LogP) is 4.99. The summed E-state index contributed by atoms with van der Waals surface area (Å²) >= 11 is 1.89. The van der Waals surface area contributed by atoms with Crippen molar-refractivity contribution >= 4 is 21.4 Å². The smallest absolute Gasteiger partial charge is 0.0390 e. The van der Waals surface area contributed by atoms with Gasteiger partial charge in [0, 0.05) is 10.7 Å². The van der Waals surface area contributed by atoms with Crippen molar-refractivity contribution in [2.45, 2.75) is 38.1 Å². The Balaban J connectivity index is 1.60. The van der Waals surface area contributed by atoms with Crippen LogP contribution in [0.4, 0.5) is 0 Å². The average molecular weight is 285 g/mol. The second-order valence-electron chi connectivity index (χ2n) is 6.70. The number of thiophene rings is 1. The molecule has 1 heterocycles. The molecule has 2 fully saturated rings. The first-order valence-electron chi connectivity index (χ1n) is 7.98. The summed E-state index contributed by atoms with van der Waals surface area (Å²) in [6, 6.07) is 9.55. The molecular weight excluding hydrogens is 262 g/mol. The molecule has 20 heavy (non-hydrogen) atoms. The molecule has 0 saturated heterocycles. The fourth-order valence-electron chi connectivity index (χ4n) is 4.66. The van der Waals surface area contributed by atoms with E-state index in [2.05, 4.69) is 42.0 Å². The first-order valence-corrected chi connectivity index (χ1v) is 8.86. The molecule has 0 spiro atoms. The van der Waals surface area contributed by atoms with Gasteiger partial charge in [-0.15, -0.1) is 11.3 Å². The number of hydrogen-bond donors (Lipinski definition) is 1. The van der Waals surface area contributed by atoms with E-state index in [-0.39, 0.29) is 0 Å². The van der Waals surface area contributed by atoms with Crippen LogP contribution in [0.5, 0.6) is 0 Å². The Morgan fingerprint density at radius 1 is 1.25 bits per heavy atom. The monoisotopic (exact) mass is 285 g/mol. The van der Waals surface area contributed by atoms with Gasteiger partial charge >= 0.3 is 0 Å². The molecule has 4 atom stereocenters. The zero-order valence-corrected chi connectivity index (χ0v) is 13.0. The van der Waals surface area contributed by atoms with Crippen LogP contribution < -0.4 is 5.32 Å². The molecule has 0 amide bonds. The lowest BCUT2D eigenvalue weighted by Gasteiger charge is -2.27. The minimum absolute atomic E-state index is 0.529. The van der Waals surface area contributed by atoms with Gasteiger partial charge < -0.3 is 5.32 Å². The molecule has 1 nitrogen and oxygen atoms in total. The van der Waals surface area contributed by atoms with E-state index < -0.39 is 0 Å². The van der Waals surface area contributed by atoms with Crippen molar-refractivity contribution in [3.05, 3.63) is 35.2 Å². The molecule has 2 aliphatic rings. The summed E-state index contributed by atoms with van der Waals surface area (Å²) in [6.07, 6.45) is 7.34. The fourth-order valence-corrected chi connectivity index (χ4v) is 5.63. The van der Waals surface area contributed by atoms with Crippen molar-refractivity contribution in [1.82, 2.24) is 5.32 Å². The van der Waals surface area contributed by atoms with Crippen molar-refractivity contribution in [3.63, 3.8) is 0 Å². The van der Waals surface area contributed by atoms with Crippen molar-refractivity contribution in [2.75, 3.05) is 7.05 Å². The molecule has 1 aromatic carbocycles. The Bertz CT molecular complexity index is 602. The number of hydrogen-bond acceptors (Lipinski definition) is 2. The highest BCUT2D eigenvalue weighted by atomic mass is 32.1. The Kier molecular flexibility index (Phi) is 3.31. The Hall–Kier alpha value is -0.860. The van der Waals surface area contributed by atoms with E-state index in [1.54, 1.807) is 0 Å². The van der Waals surface area contributed by atoms with E-state index in [1.165, 1.54) is 47.8 Å². The maximum absolute atomic E-state index is 3.59. The van der Waals surface area contributed by atoms with Crippen LogP contribution in [0.3, 0.4) is 0 Å². The Morgan fingerprint density at radius 2 is 2.20 bits per heavy atom. The van der Waals surface area contributed by atoms with Crippen molar-refractivity contribution < 1.29 is 0 Å². The van der Waals surface area contributed by atoms with Gasteiger partial charge in [0.05, 0.1) is 0 Å². The summed E-state index contributed by atoms with van der Waals surface area (Å²) in [5.41, 5.74) is 1.52. The molecular formula is C18H23NS. The zero-order chi connectivity index (χ0) is 13.5. The van der Waals surface area contributed by atoms with Gasteiger partial charge in [0.15, 0.2) is 0 Å². The van der Waals surface area contributed by atoms with Crippen molar-refractivity contribution in [3.8, 4) is 0 Å². The SMILES string of the molecule is CNC(CC1CC2CCC1C2)c1cccc2ccsc12. The van der Waals surface area contributed by atoms with Crippen LogP contribution in [0.2, 0.25) is 0 Å². The summed E-state index contributed by atoms with van der Waals surface area (Å²) < 4.78 is 1.48. The summed E-state index contributed by atoms with van der Waals surface area (Å²) in [4.78, 5) is 0. The molecule has 2 aliphatic carbocycles. The highest BCUT2D eigenvalue weighted by molar-refractivity contribution is 7.17. The third-order valence-electron chi connectivity index (χ3n) is 5.66. The third kappa shape index (κ3) is 2.10. The topological polar surface area (TPSA) is 12.0 Å². The molecule has 2 aromatic rings. The lowest BCUT2D eigenvalue weighted by atomic mass is 9.82. The number of nitrogens with one attached hydrogen (secondary N) is 1. The van der Waals surface area contributed by atoms with Crippen LogP contribution in [0, 0.1) is 17.8 Å².